The molecule has 29 heavy (non-hydrogen) atoms. The second-order valence-electron chi connectivity index (χ2n) is 6.75. The molecule has 0 unspecified atom stereocenters. The first-order valence-electron chi connectivity index (χ1n) is 9.26. The topological polar surface area (TPSA) is 77.8 Å². The summed E-state index contributed by atoms with van der Waals surface area (Å²) in [5.41, 5.74) is 2.99. The molecule has 0 bridgehead atoms. The maximum atomic E-state index is 12.8. The zero-order chi connectivity index (χ0) is 20.2. The highest BCUT2D eigenvalue weighted by atomic mass is 32.1. The summed E-state index contributed by atoms with van der Waals surface area (Å²) in [4.78, 5) is 30.2. The molecule has 0 aliphatic rings. The van der Waals surface area contributed by atoms with Crippen molar-refractivity contribution in [1.29, 1.82) is 0 Å². The van der Waals surface area contributed by atoms with Crippen LogP contribution in [-0.4, -0.2) is 22.4 Å². The lowest BCUT2D eigenvalue weighted by atomic mass is 9.91. The van der Waals surface area contributed by atoms with E-state index >= 15 is 0 Å². The Morgan fingerprint density at radius 2 is 1.52 bits per heavy atom. The number of carbonyl (C=O) groups is 1. The molecule has 3 aromatic carbocycles. The van der Waals surface area contributed by atoms with Gasteiger partial charge in [-0.2, -0.15) is 0 Å². The van der Waals surface area contributed by atoms with Gasteiger partial charge >= 0.3 is 0 Å². The van der Waals surface area contributed by atoms with Gasteiger partial charge in [-0.1, -0.05) is 60.7 Å². The number of nitrogens with one attached hydrogen (secondary N) is 3. The van der Waals surface area contributed by atoms with Gasteiger partial charge in [-0.3, -0.25) is 14.6 Å². The third-order valence-corrected chi connectivity index (χ3v) is 5.08. The average molecular weight is 401 g/mol. The maximum absolute atomic E-state index is 12.8. The molecule has 0 atom stereocenters. The Balaban J connectivity index is 1.59. The van der Waals surface area contributed by atoms with Crippen LogP contribution in [-0.2, 0) is 0 Å². The Hall–Kier alpha value is -3.51. The molecule has 5 nitrogen and oxygen atoms in total. The molecule has 1 amide bonds. The van der Waals surface area contributed by atoms with Crippen LogP contribution in [0.2, 0.25) is 0 Å². The Labute approximate surface area is 172 Å². The lowest BCUT2D eigenvalue weighted by Gasteiger charge is -2.19. The van der Waals surface area contributed by atoms with Crippen LogP contribution in [0, 0.1) is 4.77 Å². The van der Waals surface area contributed by atoms with Crippen molar-refractivity contribution in [1.82, 2.24) is 15.3 Å². The standard InChI is InChI=1S/C23H19N3O2S/c27-21(17-11-12-18-20(13-17)25-23(29)26-22(18)28)24-14-19(15-7-3-1-4-8-15)16-9-5-2-6-10-16/h1-13,19H,14H2,(H,24,27)(H2,25,26,28,29). The van der Waals surface area contributed by atoms with Crippen molar-refractivity contribution in [3.63, 3.8) is 0 Å². The van der Waals surface area contributed by atoms with Gasteiger partial charge in [-0.05, 0) is 41.5 Å². The number of carbonyl (C=O) groups excluding carboxylic acids is 1. The third-order valence-electron chi connectivity index (χ3n) is 4.87. The molecule has 0 aliphatic carbocycles. The van der Waals surface area contributed by atoms with Crippen LogP contribution in [0.5, 0.6) is 0 Å². The van der Waals surface area contributed by atoms with Gasteiger partial charge in [0.05, 0.1) is 10.9 Å². The van der Waals surface area contributed by atoms with Crippen molar-refractivity contribution < 1.29 is 4.79 Å². The van der Waals surface area contributed by atoms with Gasteiger partial charge in [0.1, 0.15) is 0 Å². The summed E-state index contributed by atoms with van der Waals surface area (Å²) < 4.78 is 0.230. The van der Waals surface area contributed by atoms with Gasteiger partial charge in [0.15, 0.2) is 4.77 Å². The minimum atomic E-state index is -0.274. The van der Waals surface area contributed by atoms with Crippen molar-refractivity contribution >= 4 is 29.0 Å². The molecular weight excluding hydrogens is 382 g/mol. The van der Waals surface area contributed by atoms with Crippen LogP contribution in [0.25, 0.3) is 10.9 Å². The Kier molecular flexibility index (Phi) is 5.35. The van der Waals surface area contributed by atoms with Crippen LogP contribution in [0.1, 0.15) is 27.4 Å². The van der Waals surface area contributed by atoms with E-state index in [0.717, 1.165) is 11.1 Å². The zero-order valence-corrected chi connectivity index (χ0v) is 16.3. The lowest BCUT2D eigenvalue weighted by molar-refractivity contribution is 0.0952. The fraction of sp³-hybridized carbons (Fsp3) is 0.0870. The number of fused-ring (bicyclic) bond motifs is 1. The quantitative estimate of drug-likeness (QED) is 0.440. The van der Waals surface area contributed by atoms with Gasteiger partial charge in [-0.25, -0.2) is 0 Å². The first-order chi connectivity index (χ1) is 14.1. The highest BCUT2D eigenvalue weighted by Crippen LogP contribution is 2.24. The van der Waals surface area contributed by atoms with Crippen LogP contribution in [0.3, 0.4) is 0 Å². The molecule has 144 valence electrons. The first kappa shape index (κ1) is 18.8. The highest BCUT2D eigenvalue weighted by molar-refractivity contribution is 7.71. The number of aromatic nitrogens is 2. The molecule has 1 aromatic heterocycles. The van der Waals surface area contributed by atoms with E-state index in [2.05, 4.69) is 39.6 Å². The Morgan fingerprint density at radius 3 is 2.14 bits per heavy atom. The van der Waals surface area contributed by atoms with E-state index in [1.54, 1.807) is 18.2 Å². The van der Waals surface area contributed by atoms with Crippen LogP contribution in [0.4, 0.5) is 0 Å². The number of hydrogen-bond acceptors (Lipinski definition) is 3. The Morgan fingerprint density at radius 1 is 0.897 bits per heavy atom. The number of aromatic amines is 2. The fourth-order valence-electron chi connectivity index (χ4n) is 3.41. The molecule has 3 N–H and O–H groups in total. The van der Waals surface area contributed by atoms with E-state index in [0.29, 0.717) is 23.0 Å². The molecular formula is C23H19N3O2S. The second kappa shape index (κ2) is 8.24. The average Bonchev–Trinajstić information content (AvgIpc) is 2.74. The lowest BCUT2D eigenvalue weighted by Crippen LogP contribution is -2.29. The smallest absolute Gasteiger partial charge is 0.259 e. The van der Waals surface area contributed by atoms with Crippen molar-refractivity contribution in [2.45, 2.75) is 5.92 Å². The van der Waals surface area contributed by atoms with Crippen molar-refractivity contribution in [3.8, 4) is 0 Å². The van der Waals surface area contributed by atoms with Crippen molar-refractivity contribution in [2.75, 3.05) is 6.54 Å². The van der Waals surface area contributed by atoms with Gasteiger partial charge in [0, 0.05) is 18.0 Å². The van der Waals surface area contributed by atoms with Crippen molar-refractivity contribution in [2.24, 2.45) is 0 Å². The SMILES string of the molecule is O=C(NCC(c1ccccc1)c1ccccc1)c1ccc2c(=O)[nH]c(=S)[nH]c2c1. The zero-order valence-electron chi connectivity index (χ0n) is 15.5. The van der Waals surface area contributed by atoms with E-state index in [9.17, 15) is 9.59 Å². The number of hydrogen-bond donors (Lipinski definition) is 3. The largest absolute Gasteiger partial charge is 0.351 e. The van der Waals surface area contributed by atoms with Gasteiger partial charge in [-0.15, -0.1) is 0 Å². The summed E-state index contributed by atoms with van der Waals surface area (Å²) in [6.45, 7) is 0.455. The number of benzene rings is 3. The van der Waals surface area contributed by atoms with E-state index in [-0.39, 0.29) is 22.2 Å². The van der Waals surface area contributed by atoms with Gasteiger partial charge in [0.25, 0.3) is 11.5 Å². The summed E-state index contributed by atoms with van der Waals surface area (Å²) >= 11 is 5.02. The predicted molar refractivity (Wildman–Crippen MR) is 117 cm³/mol. The van der Waals surface area contributed by atoms with Crippen LogP contribution < -0.4 is 10.9 Å². The molecule has 0 radical (unpaired) electrons. The van der Waals surface area contributed by atoms with Crippen LogP contribution >= 0.6 is 12.2 Å². The fourth-order valence-corrected chi connectivity index (χ4v) is 3.61. The molecule has 0 saturated heterocycles. The van der Waals surface area contributed by atoms with E-state index in [1.165, 1.54) is 0 Å². The minimum absolute atomic E-state index is 0.0375. The first-order valence-corrected chi connectivity index (χ1v) is 9.67. The molecule has 1 heterocycles. The molecule has 0 fully saturated rings. The normalized spacial score (nSPS) is 10.9. The van der Waals surface area contributed by atoms with Crippen molar-refractivity contribution in [3.05, 3.63) is 111 Å². The summed E-state index contributed by atoms with van der Waals surface area (Å²) in [6.07, 6.45) is 0. The van der Waals surface area contributed by atoms with Gasteiger partial charge in [0.2, 0.25) is 0 Å². The molecule has 4 rings (SSSR count). The van der Waals surface area contributed by atoms with Gasteiger partial charge < -0.3 is 10.3 Å². The second-order valence-corrected chi connectivity index (χ2v) is 7.16. The minimum Gasteiger partial charge on any atom is -0.351 e. The summed E-state index contributed by atoms with van der Waals surface area (Å²) in [7, 11) is 0. The number of H-pyrrole nitrogens is 2. The number of amides is 1. The molecule has 0 saturated carbocycles. The molecule has 4 aromatic rings. The maximum Gasteiger partial charge on any atom is 0.259 e. The molecule has 0 aliphatic heterocycles. The predicted octanol–water partition coefficient (Wildman–Crippen LogP) is 4.15. The summed E-state index contributed by atoms with van der Waals surface area (Å²) in [6, 6.07) is 25.1. The van der Waals surface area contributed by atoms with E-state index < -0.39 is 0 Å². The number of rotatable bonds is 5. The third kappa shape index (κ3) is 4.17. The van der Waals surface area contributed by atoms with E-state index in [1.807, 2.05) is 36.4 Å². The monoisotopic (exact) mass is 401 g/mol. The molecule has 0 spiro atoms. The van der Waals surface area contributed by atoms with E-state index in [4.69, 9.17) is 12.2 Å². The van der Waals surface area contributed by atoms with Crippen LogP contribution in [0.15, 0.2) is 83.7 Å². The molecule has 6 heteroatoms. The summed E-state index contributed by atoms with van der Waals surface area (Å²) in [5, 5.41) is 3.48. The summed E-state index contributed by atoms with van der Waals surface area (Å²) in [5.74, 6) is -0.168. The highest BCUT2D eigenvalue weighted by Gasteiger charge is 2.16. The Bertz CT molecular complexity index is 1220.